The van der Waals surface area contributed by atoms with Crippen LogP contribution in [0.5, 0.6) is 0 Å². The molecule has 0 bridgehead atoms. The van der Waals surface area contributed by atoms with Crippen molar-refractivity contribution < 1.29 is 4.79 Å². The van der Waals surface area contributed by atoms with E-state index >= 15 is 0 Å². The highest BCUT2D eigenvalue weighted by atomic mass is 35.5. The molecule has 0 aliphatic carbocycles. The summed E-state index contributed by atoms with van der Waals surface area (Å²) in [5.41, 5.74) is 0. The fourth-order valence-electron chi connectivity index (χ4n) is 0.839. The number of halogens is 1. The van der Waals surface area contributed by atoms with Gasteiger partial charge in [-0.15, -0.1) is 0 Å². The Balaban J connectivity index is 3.91. The number of rotatable bonds is 4. The average Bonchev–Trinajstić information content (AvgIpc) is 1.98. The molecule has 4 heteroatoms. The second-order valence-electron chi connectivity index (χ2n) is 2.38. The predicted molar refractivity (Wildman–Crippen MR) is 51.5 cm³/mol. The standard InChI is InChI=1S/C7H14ClNOS/c1-4-6(5-11-3)9(2)7(8)10/h6H,4-5H2,1-3H3. The summed E-state index contributed by atoms with van der Waals surface area (Å²) in [6.45, 7) is 2.05. The Kier molecular flexibility index (Phi) is 5.78. The van der Waals surface area contributed by atoms with Crippen molar-refractivity contribution in [3.8, 4) is 0 Å². The van der Waals surface area contributed by atoms with Crippen LogP contribution < -0.4 is 0 Å². The fourth-order valence-corrected chi connectivity index (χ4v) is 1.82. The van der Waals surface area contributed by atoms with Crippen LogP contribution >= 0.6 is 23.4 Å². The molecule has 0 rings (SSSR count). The Bertz CT molecular complexity index is 132. The van der Waals surface area contributed by atoms with Gasteiger partial charge >= 0.3 is 5.37 Å². The van der Waals surface area contributed by atoms with E-state index in [9.17, 15) is 4.79 Å². The zero-order valence-electron chi connectivity index (χ0n) is 7.13. The van der Waals surface area contributed by atoms with Crippen LogP contribution in [0.15, 0.2) is 0 Å². The predicted octanol–water partition coefficient (Wildman–Crippen LogP) is 2.42. The van der Waals surface area contributed by atoms with Crippen LogP contribution in [0.3, 0.4) is 0 Å². The monoisotopic (exact) mass is 195 g/mol. The summed E-state index contributed by atoms with van der Waals surface area (Å²) in [5, 5.41) is -0.370. The van der Waals surface area contributed by atoms with Gasteiger partial charge in [0.05, 0.1) is 0 Å². The molecule has 1 amide bonds. The van der Waals surface area contributed by atoms with Crippen molar-refractivity contribution in [2.24, 2.45) is 0 Å². The smallest absolute Gasteiger partial charge is 0.316 e. The quantitative estimate of drug-likeness (QED) is 0.507. The molecular weight excluding hydrogens is 182 g/mol. The molecule has 1 unspecified atom stereocenters. The van der Waals surface area contributed by atoms with Gasteiger partial charge in [-0.05, 0) is 24.3 Å². The Morgan fingerprint density at radius 2 is 2.27 bits per heavy atom. The number of carbonyl (C=O) groups excluding carboxylic acids is 1. The molecule has 0 fully saturated rings. The topological polar surface area (TPSA) is 20.3 Å². The lowest BCUT2D eigenvalue weighted by Crippen LogP contribution is -2.34. The lowest BCUT2D eigenvalue weighted by Gasteiger charge is -2.23. The van der Waals surface area contributed by atoms with E-state index in [1.54, 1.807) is 23.7 Å². The van der Waals surface area contributed by atoms with Crippen molar-refractivity contribution in [2.45, 2.75) is 19.4 Å². The van der Waals surface area contributed by atoms with Crippen molar-refractivity contribution in [1.82, 2.24) is 4.90 Å². The Morgan fingerprint density at radius 3 is 2.55 bits per heavy atom. The molecule has 0 saturated carbocycles. The highest BCUT2D eigenvalue weighted by Gasteiger charge is 2.15. The van der Waals surface area contributed by atoms with E-state index in [4.69, 9.17) is 11.6 Å². The summed E-state index contributed by atoms with van der Waals surface area (Å²) in [7, 11) is 1.74. The minimum atomic E-state index is -0.370. The molecule has 0 saturated heterocycles. The van der Waals surface area contributed by atoms with Gasteiger partial charge in [0.15, 0.2) is 0 Å². The maximum Gasteiger partial charge on any atom is 0.316 e. The maximum absolute atomic E-state index is 10.7. The summed E-state index contributed by atoms with van der Waals surface area (Å²) in [4.78, 5) is 12.3. The van der Waals surface area contributed by atoms with E-state index in [1.807, 2.05) is 6.26 Å². The molecule has 0 aliphatic rings. The van der Waals surface area contributed by atoms with Gasteiger partial charge in [0.1, 0.15) is 0 Å². The normalized spacial score (nSPS) is 12.7. The molecule has 0 aromatic rings. The van der Waals surface area contributed by atoms with Gasteiger partial charge in [-0.3, -0.25) is 4.79 Å². The third kappa shape index (κ3) is 3.87. The maximum atomic E-state index is 10.7. The second-order valence-corrected chi connectivity index (χ2v) is 3.62. The molecule has 0 aliphatic heterocycles. The van der Waals surface area contributed by atoms with Gasteiger partial charge < -0.3 is 4.90 Å². The number of nitrogens with zero attached hydrogens (tertiary/aromatic N) is 1. The molecule has 0 aromatic heterocycles. The fraction of sp³-hybridized carbons (Fsp3) is 0.857. The largest absolute Gasteiger partial charge is 0.328 e. The van der Waals surface area contributed by atoms with Crippen molar-refractivity contribution in [1.29, 1.82) is 0 Å². The van der Waals surface area contributed by atoms with Gasteiger partial charge in [0, 0.05) is 18.8 Å². The molecule has 11 heavy (non-hydrogen) atoms. The Hall–Kier alpha value is 0.110. The van der Waals surface area contributed by atoms with E-state index in [-0.39, 0.29) is 11.4 Å². The number of carbonyl (C=O) groups is 1. The zero-order valence-corrected chi connectivity index (χ0v) is 8.71. The summed E-state index contributed by atoms with van der Waals surface area (Å²) >= 11 is 7.04. The van der Waals surface area contributed by atoms with Crippen LogP contribution in [0.25, 0.3) is 0 Å². The lowest BCUT2D eigenvalue weighted by molar-refractivity contribution is 0.217. The van der Waals surface area contributed by atoms with E-state index < -0.39 is 0 Å². The molecule has 0 aromatic carbocycles. The van der Waals surface area contributed by atoms with Crippen LogP contribution in [0.4, 0.5) is 4.79 Å². The van der Waals surface area contributed by atoms with Crippen LogP contribution in [-0.2, 0) is 0 Å². The third-order valence-electron chi connectivity index (χ3n) is 1.66. The second kappa shape index (κ2) is 5.72. The highest BCUT2D eigenvalue weighted by Crippen LogP contribution is 2.09. The molecule has 0 heterocycles. The van der Waals surface area contributed by atoms with Crippen LogP contribution in [0.1, 0.15) is 13.3 Å². The van der Waals surface area contributed by atoms with Crippen molar-refractivity contribution in [3.05, 3.63) is 0 Å². The van der Waals surface area contributed by atoms with Crippen molar-refractivity contribution in [3.63, 3.8) is 0 Å². The SMILES string of the molecule is CCC(CSC)N(C)C(=O)Cl. The van der Waals surface area contributed by atoms with Crippen molar-refractivity contribution in [2.75, 3.05) is 19.1 Å². The Labute approximate surface area is 77.3 Å². The van der Waals surface area contributed by atoms with E-state index in [0.29, 0.717) is 0 Å². The number of thioether (sulfide) groups is 1. The minimum Gasteiger partial charge on any atom is -0.328 e. The first-order chi connectivity index (χ1) is 5.13. The molecule has 0 N–H and O–H groups in total. The van der Waals surface area contributed by atoms with Crippen LogP contribution in [0.2, 0.25) is 0 Å². The van der Waals surface area contributed by atoms with Gasteiger partial charge in [0.25, 0.3) is 0 Å². The molecule has 0 spiro atoms. The van der Waals surface area contributed by atoms with Gasteiger partial charge in [-0.2, -0.15) is 11.8 Å². The van der Waals surface area contributed by atoms with Gasteiger partial charge in [-0.25, -0.2) is 0 Å². The van der Waals surface area contributed by atoms with Crippen LogP contribution in [0, 0.1) is 0 Å². The zero-order chi connectivity index (χ0) is 8.85. The minimum absolute atomic E-state index is 0.273. The van der Waals surface area contributed by atoms with Gasteiger partial charge in [0.2, 0.25) is 0 Å². The number of hydrogen-bond donors (Lipinski definition) is 0. The van der Waals surface area contributed by atoms with Gasteiger partial charge in [-0.1, -0.05) is 6.92 Å². The first-order valence-corrected chi connectivity index (χ1v) is 5.31. The average molecular weight is 196 g/mol. The third-order valence-corrected chi connectivity index (χ3v) is 2.64. The van der Waals surface area contributed by atoms with E-state index in [0.717, 1.165) is 12.2 Å². The Morgan fingerprint density at radius 1 is 1.73 bits per heavy atom. The van der Waals surface area contributed by atoms with Crippen molar-refractivity contribution >= 4 is 28.7 Å². The van der Waals surface area contributed by atoms with Crippen LogP contribution in [-0.4, -0.2) is 35.4 Å². The summed E-state index contributed by atoms with van der Waals surface area (Å²) in [6, 6.07) is 0.273. The summed E-state index contributed by atoms with van der Waals surface area (Å²) in [6.07, 6.45) is 2.98. The van der Waals surface area contributed by atoms with E-state index in [1.165, 1.54) is 0 Å². The lowest BCUT2D eigenvalue weighted by atomic mass is 10.2. The molecular formula is C7H14ClNOS. The molecule has 2 nitrogen and oxygen atoms in total. The summed E-state index contributed by atoms with van der Waals surface area (Å²) < 4.78 is 0. The van der Waals surface area contributed by atoms with E-state index in [2.05, 4.69) is 6.92 Å². The molecule has 0 radical (unpaired) electrons. The number of amides is 1. The molecule has 1 atom stereocenters. The number of hydrogen-bond acceptors (Lipinski definition) is 2. The first kappa shape index (κ1) is 11.1. The first-order valence-electron chi connectivity index (χ1n) is 3.54. The highest BCUT2D eigenvalue weighted by molar-refractivity contribution is 7.98. The molecule has 66 valence electrons. The summed E-state index contributed by atoms with van der Waals surface area (Å²) in [5.74, 6) is 0.950.